The van der Waals surface area contributed by atoms with E-state index < -0.39 is 11.2 Å². The highest BCUT2D eigenvalue weighted by atomic mass is 35.5. The van der Waals surface area contributed by atoms with Crippen molar-refractivity contribution in [3.05, 3.63) is 62.0 Å². The van der Waals surface area contributed by atoms with Crippen LogP contribution in [0.15, 0.2) is 35.3 Å². The summed E-state index contributed by atoms with van der Waals surface area (Å²) in [6, 6.07) is 6.34. The van der Waals surface area contributed by atoms with E-state index in [-0.39, 0.29) is 17.6 Å². The lowest BCUT2D eigenvalue weighted by molar-refractivity contribution is 0.0587. The van der Waals surface area contributed by atoms with E-state index in [4.69, 9.17) is 23.2 Å². The molecule has 0 fully saturated rings. The highest BCUT2D eigenvalue weighted by Gasteiger charge is 2.32. The molecule has 0 aliphatic carbocycles. The first-order valence-electron chi connectivity index (χ1n) is 7.06. The second-order valence-corrected chi connectivity index (χ2v) is 6.37. The predicted molar refractivity (Wildman–Crippen MR) is 88.2 cm³/mol. The molecule has 1 N–H and O–H groups in total. The number of aromatic nitrogens is 1. The number of benzene rings is 1. The Morgan fingerprint density at radius 1 is 1.22 bits per heavy atom. The van der Waals surface area contributed by atoms with Crippen molar-refractivity contribution in [1.82, 2.24) is 9.47 Å². The quantitative estimate of drug-likeness (QED) is 0.903. The van der Waals surface area contributed by atoms with Crippen LogP contribution in [0.4, 0.5) is 0 Å². The van der Waals surface area contributed by atoms with Crippen molar-refractivity contribution in [2.24, 2.45) is 0 Å². The molecule has 3 rings (SSSR count). The molecule has 1 atom stereocenters. The first-order chi connectivity index (χ1) is 10.9. The van der Waals surface area contributed by atoms with E-state index >= 15 is 0 Å². The molecule has 7 heteroatoms. The number of nitrogens with zero attached hydrogens (tertiary/aromatic N) is 2. The molecule has 1 aromatic heterocycles. The molecule has 1 aliphatic heterocycles. The van der Waals surface area contributed by atoms with Crippen LogP contribution in [0.1, 0.15) is 23.0 Å². The van der Waals surface area contributed by atoms with Crippen molar-refractivity contribution >= 4 is 29.1 Å². The maximum absolute atomic E-state index is 12.7. The summed E-state index contributed by atoms with van der Waals surface area (Å²) < 4.78 is 1.61. The molecular formula is C16H14Cl2N2O3. The maximum atomic E-state index is 12.7. The van der Waals surface area contributed by atoms with E-state index in [0.29, 0.717) is 23.1 Å². The van der Waals surface area contributed by atoms with Crippen molar-refractivity contribution in [3.63, 3.8) is 0 Å². The zero-order chi connectivity index (χ0) is 16.7. The molecule has 1 amide bonds. The van der Waals surface area contributed by atoms with Crippen LogP contribution in [0, 0.1) is 0 Å². The van der Waals surface area contributed by atoms with Gasteiger partial charge in [0.1, 0.15) is 0 Å². The number of fused-ring (bicyclic) bond motifs is 1. The Labute approximate surface area is 142 Å². The van der Waals surface area contributed by atoms with Gasteiger partial charge in [0, 0.05) is 31.4 Å². The zero-order valence-electron chi connectivity index (χ0n) is 12.3. The molecule has 1 unspecified atom stereocenters. The minimum Gasteiger partial charge on any atom is -0.503 e. The van der Waals surface area contributed by atoms with Crippen LogP contribution < -0.4 is 5.43 Å². The Morgan fingerprint density at radius 3 is 2.65 bits per heavy atom. The van der Waals surface area contributed by atoms with Crippen LogP contribution in [0.2, 0.25) is 10.0 Å². The van der Waals surface area contributed by atoms with Gasteiger partial charge in [-0.25, -0.2) is 0 Å². The van der Waals surface area contributed by atoms with E-state index in [1.807, 2.05) is 6.92 Å². The lowest BCUT2D eigenvalue weighted by atomic mass is 10.1. The molecule has 1 aromatic carbocycles. The molecular weight excluding hydrogens is 339 g/mol. The minimum atomic E-state index is -0.561. The molecule has 0 bridgehead atoms. The summed E-state index contributed by atoms with van der Waals surface area (Å²) in [6.07, 6.45) is 1.53. The Morgan fingerprint density at radius 2 is 1.96 bits per heavy atom. The number of hydrogen-bond donors (Lipinski definition) is 1. The normalized spacial score (nSPS) is 17.3. The number of pyridine rings is 1. The summed E-state index contributed by atoms with van der Waals surface area (Å²) in [6.45, 7) is 2.73. The number of aromatic hydroxyl groups is 1. The molecule has 23 heavy (non-hydrogen) atoms. The second kappa shape index (κ2) is 5.91. The van der Waals surface area contributed by atoms with E-state index in [9.17, 15) is 14.7 Å². The van der Waals surface area contributed by atoms with Gasteiger partial charge in [0.05, 0.1) is 10.0 Å². The average Bonchev–Trinajstić information content (AvgIpc) is 2.50. The smallest absolute Gasteiger partial charge is 0.275 e. The van der Waals surface area contributed by atoms with Crippen LogP contribution >= 0.6 is 23.2 Å². The van der Waals surface area contributed by atoms with Crippen LogP contribution in [0.25, 0.3) is 0 Å². The molecule has 2 aromatic rings. The topological polar surface area (TPSA) is 62.5 Å². The number of carbonyl (C=O) groups is 1. The monoisotopic (exact) mass is 352 g/mol. The number of halogens is 2. The van der Waals surface area contributed by atoms with Crippen molar-refractivity contribution in [1.29, 1.82) is 0 Å². The van der Waals surface area contributed by atoms with Gasteiger partial charge in [0.25, 0.3) is 5.91 Å². The summed E-state index contributed by atoms with van der Waals surface area (Å²) in [5, 5.41) is 10.8. The van der Waals surface area contributed by atoms with Gasteiger partial charge in [-0.1, -0.05) is 29.3 Å². The fourth-order valence-electron chi connectivity index (χ4n) is 2.72. The minimum absolute atomic E-state index is 0.0238. The Balaban J connectivity index is 1.97. The average molecular weight is 353 g/mol. The van der Waals surface area contributed by atoms with Gasteiger partial charge in [-0.3, -0.25) is 9.59 Å². The fraction of sp³-hybridized carbons (Fsp3) is 0.250. The van der Waals surface area contributed by atoms with Crippen molar-refractivity contribution in [3.8, 4) is 5.75 Å². The molecule has 0 saturated heterocycles. The van der Waals surface area contributed by atoms with Crippen LogP contribution in [-0.4, -0.2) is 26.5 Å². The van der Waals surface area contributed by atoms with Crippen LogP contribution in [0.3, 0.4) is 0 Å². The highest BCUT2D eigenvalue weighted by Crippen LogP contribution is 2.27. The third-order valence-electron chi connectivity index (χ3n) is 3.94. The van der Waals surface area contributed by atoms with Crippen LogP contribution in [-0.2, 0) is 13.1 Å². The molecule has 0 radical (unpaired) electrons. The fourth-order valence-corrected chi connectivity index (χ4v) is 3.04. The molecule has 0 spiro atoms. The first kappa shape index (κ1) is 15.9. The molecule has 0 saturated carbocycles. The van der Waals surface area contributed by atoms with Gasteiger partial charge < -0.3 is 14.6 Å². The van der Waals surface area contributed by atoms with E-state index in [0.717, 1.165) is 5.56 Å². The number of amides is 1. The highest BCUT2D eigenvalue weighted by molar-refractivity contribution is 6.42. The first-order valence-corrected chi connectivity index (χ1v) is 7.81. The third-order valence-corrected chi connectivity index (χ3v) is 4.68. The van der Waals surface area contributed by atoms with Gasteiger partial charge in [-0.15, -0.1) is 0 Å². The Hall–Kier alpha value is -1.98. The number of hydrogen-bond acceptors (Lipinski definition) is 3. The second-order valence-electron chi connectivity index (χ2n) is 5.56. The van der Waals surface area contributed by atoms with Gasteiger partial charge in [0.15, 0.2) is 11.4 Å². The Bertz CT molecular complexity index is 848. The van der Waals surface area contributed by atoms with E-state index in [1.54, 1.807) is 27.7 Å². The predicted octanol–water partition coefficient (Wildman–Crippen LogP) is 2.91. The maximum Gasteiger partial charge on any atom is 0.275 e. The zero-order valence-corrected chi connectivity index (χ0v) is 13.8. The third kappa shape index (κ3) is 2.82. The van der Waals surface area contributed by atoms with Gasteiger partial charge in [-0.05, 0) is 24.6 Å². The van der Waals surface area contributed by atoms with Gasteiger partial charge in [0.2, 0.25) is 5.43 Å². The van der Waals surface area contributed by atoms with Crippen molar-refractivity contribution in [2.45, 2.75) is 26.1 Å². The Kier molecular flexibility index (Phi) is 4.08. The molecule has 120 valence electrons. The SMILES string of the molecule is CC1Cn2ccc(=O)c(O)c2C(=O)N1Cc1ccc(Cl)c(Cl)c1. The molecule has 5 nitrogen and oxygen atoms in total. The van der Waals surface area contributed by atoms with Crippen molar-refractivity contribution < 1.29 is 9.90 Å². The number of carbonyl (C=O) groups excluding carboxylic acids is 1. The lowest BCUT2D eigenvalue weighted by Crippen LogP contribution is -2.46. The largest absolute Gasteiger partial charge is 0.503 e. The lowest BCUT2D eigenvalue weighted by Gasteiger charge is -2.35. The van der Waals surface area contributed by atoms with Crippen molar-refractivity contribution in [2.75, 3.05) is 0 Å². The summed E-state index contributed by atoms with van der Waals surface area (Å²) in [5.41, 5.74) is 0.287. The summed E-state index contributed by atoms with van der Waals surface area (Å²) in [4.78, 5) is 25.9. The standard InChI is InChI=1S/C16H14Cl2N2O3/c1-9-7-19-5-4-13(21)15(22)14(19)16(23)20(9)8-10-2-3-11(17)12(18)6-10/h2-6,9,22H,7-8H2,1H3. The van der Waals surface area contributed by atoms with E-state index in [2.05, 4.69) is 0 Å². The number of rotatable bonds is 2. The van der Waals surface area contributed by atoms with Crippen LogP contribution in [0.5, 0.6) is 5.75 Å². The molecule has 2 heterocycles. The van der Waals surface area contributed by atoms with Gasteiger partial charge >= 0.3 is 0 Å². The summed E-state index contributed by atoms with van der Waals surface area (Å²) in [7, 11) is 0. The van der Waals surface area contributed by atoms with Gasteiger partial charge in [-0.2, -0.15) is 0 Å². The molecule has 1 aliphatic rings. The summed E-state index contributed by atoms with van der Waals surface area (Å²) in [5.74, 6) is -0.895. The summed E-state index contributed by atoms with van der Waals surface area (Å²) >= 11 is 11.9. The van der Waals surface area contributed by atoms with E-state index in [1.165, 1.54) is 12.3 Å².